The van der Waals surface area contributed by atoms with E-state index in [1.807, 2.05) is 25.1 Å². The van der Waals surface area contributed by atoms with Crippen molar-refractivity contribution in [1.29, 1.82) is 0 Å². The molecular weight excluding hydrogens is 212 g/mol. The molecule has 0 aliphatic heterocycles. The molecule has 2 rings (SSSR count). The Morgan fingerprint density at radius 3 is 2.65 bits per heavy atom. The topological polar surface area (TPSA) is 26.3 Å². The zero-order valence-electron chi connectivity index (χ0n) is 10.3. The third kappa shape index (κ3) is 1.68. The van der Waals surface area contributed by atoms with Gasteiger partial charge in [0.2, 0.25) is 0 Å². The minimum absolute atomic E-state index is 0.142. The Balaban J connectivity index is 2.28. The molecular formula is C15H18O2. The Morgan fingerprint density at radius 2 is 2.12 bits per heavy atom. The molecule has 0 heterocycles. The highest BCUT2D eigenvalue weighted by atomic mass is 16.5. The Labute approximate surface area is 102 Å². The number of ether oxygens (including phenoxy) is 1. The minimum Gasteiger partial charge on any atom is -0.465 e. The number of hydrogen-bond acceptors (Lipinski definition) is 2. The monoisotopic (exact) mass is 230 g/mol. The smallest absolute Gasteiger partial charge is 0.316 e. The van der Waals surface area contributed by atoms with E-state index in [-0.39, 0.29) is 17.8 Å². The second-order valence-electron chi connectivity index (χ2n) is 4.53. The summed E-state index contributed by atoms with van der Waals surface area (Å²) in [5.74, 6) is 0.332. The molecule has 0 radical (unpaired) electrons. The fourth-order valence-electron chi connectivity index (χ4n) is 2.78. The van der Waals surface area contributed by atoms with Crippen LogP contribution in [-0.4, -0.2) is 12.6 Å². The van der Waals surface area contributed by atoms with E-state index in [9.17, 15) is 4.79 Å². The molecule has 1 aliphatic carbocycles. The number of rotatable bonds is 4. The first kappa shape index (κ1) is 11.9. The quantitative estimate of drug-likeness (QED) is 0.586. The van der Waals surface area contributed by atoms with Gasteiger partial charge in [-0.05, 0) is 18.4 Å². The number of hydrogen-bond donors (Lipinski definition) is 0. The molecule has 2 heteroatoms. The third-order valence-corrected chi connectivity index (χ3v) is 3.78. The molecule has 1 aromatic rings. The van der Waals surface area contributed by atoms with Crippen LogP contribution in [0.15, 0.2) is 43.0 Å². The van der Waals surface area contributed by atoms with Crippen LogP contribution >= 0.6 is 0 Å². The summed E-state index contributed by atoms with van der Waals surface area (Å²) >= 11 is 0. The molecule has 0 saturated heterocycles. The summed E-state index contributed by atoms with van der Waals surface area (Å²) in [6.07, 6.45) is 1.76. The average Bonchev–Trinajstić information content (AvgIpc) is 2.97. The summed E-state index contributed by atoms with van der Waals surface area (Å²) in [6.45, 7) is 8.16. The van der Waals surface area contributed by atoms with E-state index in [2.05, 4.69) is 25.6 Å². The van der Waals surface area contributed by atoms with Gasteiger partial charge in [0.05, 0.1) is 12.0 Å². The van der Waals surface area contributed by atoms with Gasteiger partial charge >= 0.3 is 5.97 Å². The first-order chi connectivity index (χ1) is 8.18. The lowest BCUT2D eigenvalue weighted by molar-refractivity contribution is -0.148. The van der Waals surface area contributed by atoms with Crippen molar-refractivity contribution in [3.8, 4) is 0 Å². The Bertz CT molecular complexity index is 424. The van der Waals surface area contributed by atoms with Crippen LogP contribution in [0.3, 0.4) is 0 Å². The average molecular weight is 230 g/mol. The van der Waals surface area contributed by atoms with Gasteiger partial charge in [-0.3, -0.25) is 4.79 Å². The van der Waals surface area contributed by atoms with Crippen molar-refractivity contribution in [1.82, 2.24) is 0 Å². The van der Waals surface area contributed by atoms with Gasteiger partial charge in [-0.1, -0.05) is 43.3 Å². The normalized spacial score (nSPS) is 30.7. The summed E-state index contributed by atoms with van der Waals surface area (Å²) in [5.41, 5.74) is 0.671. The Morgan fingerprint density at radius 1 is 1.47 bits per heavy atom. The number of carbonyl (C=O) groups is 1. The van der Waals surface area contributed by atoms with Gasteiger partial charge in [-0.25, -0.2) is 0 Å². The van der Waals surface area contributed by atoms with Crippen LogP contribution in [0.4, 0.5) is 0 Å². The molecule has 3 atom stereocenters. The zero-order chi connectivity index (χ0) is 12.5. The van der Waals surface area contributed by atoms with Crippen molar-refractivity contribution in [2.45, 2.75) is 19.8 Å². The van der Waals surface area contributed by atoms with Crippen LogP contribution in [0, 0.1) is 11.3 Å². The van der Waals surface area contributed by atoms with Crippen LogP contribution < -0.4 is 0 Å². The first-order valence-corrected chi connectivity index (χ1v) is 6.04. The highest BCUT2D eigenvalue weighted by Crippen LogP contribution is 2.66. The Kier molecular flexibility index (Phi) is 3.05. The summed E-state index contributed by atoms with van der Waals surface area (Å²) in [4.78, 5) is 12.1. The number of benzene rings is 1. The molecule has 1 fully saturated rings. The Hall–Kier alpha value is -1.57. The lowest BCUT2D eigenvalue weighted by Gasteiger charge is -2.11. The van der Waals surface area contributed by atoms with E-state index in [1.54, 1.807) is 6.08 Å². The van der Waals surface area contributed by atoms with Gasteiger partial charge in [-0.15, -0.1) is 6.58 Å². The summed E-state index contributed by atoms with van der Waals surface area (Å²) < 4.78 is 5.17. The lowest BCUT2D eigenvalue weighted by atomic mass is 9.99. The van der Waals surface area contributed by atoms with Crippen LogP contribution in [0.2, 0.25) is 0 Å². The standard InChI is InChI=1S/C15H18O2/c1-4-15(14(16)17-5-2)11(3)13(15)12-9-7-6-8-10-12/h4,6-11,13H,1,5H2,2-3H3. The number of esters is 1. The van der Waals surface area contributed by atoms with Crippen molar-refractivity contribution in [3.63, 3.8) is 0 Å². The van der Waals surface area contributed by atoms with E-state index in [0.29, 0.717) is 6.61 Å². The van der Waals surface area contributed by atoms with E-state index in [0.717, 1.165) is 0 Å². The molecule has 17 heavy (non-hydrogen) atoms. The molecule has 0 N–H and O–H groups in total. The molecule has 90 valence electrons. The molecule has 0 amide bonds. The second kappa shape index (κ2) is 4.36. The SMILES string of the molecule is C=CC1(C(=O)OCC)C(C)C1c1ccccc1. The molecule has 2 nitrogen and oxygen atoms in total. The van der Waals surface area contributed by atoms with Crippen LogP contribution in [-0.2, 0) is 9.53 Å². The van der Waals surface area contributed by atoms with Crippen molar-refractivity contribution in [2.75, 3.05) is 6.61 Å². The molecule has 1 aliphatic rings. The van der Waals surface area contributed by atoms with Gasteiger partial charge in [0.25, 0.3) is 0 Å². The fourth-order valence-corrected chi connectivity index (χ4v) is 2.78. The maximum absolute atomic E-state index is 12.1. The van der Waals surface area contributed by atoms with Crippen molar-refractivity contribution >= 4 is 5.97 Å². The van der Waals surface area contributed by atoms with E-state index in [1.165, 1.54) is 5.56 Å². The largest absolute Gasteiger partial charge is 0.465 e. The van der Waals surface area contributed by atoms with Gasteiger partial charge in [0, 0.05) is 5.92 Å². The van der Waals surface area contributed by atoms with E-state index < -0.39 is 5.41 Å². The van der Waals surface area contributed by atoms with Crippen LogP contribution in [0.1, 0.15) is 25.3 Å². The molecule has 0 aromatic heterocycles. The van der Waals surface area contributed by atoms with Gasteiger partial charge in [0.15, 0.2) is 0 Å². The predicted octanol–water partition coefficient (Wildman–Crippen LogP) is 3.16. The van der Waals surface area contributed by atoms with E-state index >= 15 is 0 Å². The fraction of sp³-hybridized carbons (Fsp3) is 0.400. The molecule has 1 saturated carbocycles. The van der Waals surface area contributed by atoms with Crippen molar-refractivity contribution < 1.29 is 9.53 Å². The first-order valence-electron chi connectivity index (χ1n) is 6.04. The third-order valence-electron chi connectivity index (χ3n) is 3.78. The maximum atomic E-state index is 12.1. The van der Waals surface area contributed by atoms with Crippen molar-refractivity contribution in [2.24, 2.45) is 11.3 Å². The summed E-state index contributed by atoms with van der Waals surface area (Å²) in [6, 6.07) is 10.1. The summed E-state index contributed by atoms with van der Waals surface area (Å²) in [5, 5.41) is 0. The minimum atomic E-state index is -0.517. The van der Waals surface area contributed by atoms with Crippen LogP contribution in [0.5, 0.6) is 0 Å². The second-order valence-corrected chi connectivity index (χ2v) is 4.53. The van der Waals surface area contributed by atoms with Gasteiger partial charge in [-0.2, -0.15) is 0 Å². The summed E-state index contributed by atoms with van der Waals surface area (Å²) in [7, 11) is 0. The highest BCUT2D eigenvalue weighted by Gasteiger charge is 2.66. The van der Waals surface area contributed by atoms with Gasteiger partial charge < -0.3 is 4.74 Å². The lowest BCUT2D eigenvalue weighted by Crippen LogP contribution is -2.19. The maximum Gasteiger partial charge on any atom is 0.316 e. The molecule has 1 aromatic carbocycles. The predicted molar refractivity (Wildman–Crippen MR) is 67.6 cm³/mol. The van der Waals surface area contributed by atoms with E-state index in [4.69, 9.17) is 4.74 Å². The van der Waals surface area contributed by atoms with Gasteiger partial charge in [0.1, 0.15) is 0 Å². The molecule has 0 bridgehead atoms. The zero-order valence-corrected chi connectivity index (χ0v) is 10.3. The molecule has 3 unspecified atom stereocenters. The highest BCUT2D eigenvalue weighted by molar-refractivity contribution is 5.85. The van der Waals surface area contributed by atoms with Crippen molar-refractivity contribution in [3.05, 3.63) is 48.6 Å². The van der Waals surface area contributed by atoms with Crippen LogP contribution in [0.25, 0.3) is 0 Å². The number of carbonyl (C=O) groups excluding carboxylic acids is 1. The molecule has 0 spiro atoms.